The van der Waals surface area contributed by atoms with Gasteiger partial charge in [-0.1, -0.05) is 23.4 Å². The van der Waals surface area contributed by atoms with Gasteiger partial charge in [0, 0.05) is 24.6 Å². The zero-order chi connectivity index (χ0) is 19.7. The minimum atomic E-state index is -0.676. The van der Waals surface area contributed by atoms with Gasteiger partial charge in [-0.05, 0) is 31.4 Å². The summed E-state index contributed by atoms with van der Waals surface area (Å²) in [6.07, 6.45) is 2.22. The van der Waals surface area contributed by atoms with Crippen LogP contribution in [0.4, 0.5) is 0 Å². The van der Waals surface area contributed by atoms with Gasteiger partial charge in [-0.15, -0.1) is 0 Å². The third kappa shape index (κ3) is 3.60. The molecule has 0 radical (unpaired) electrons. The number of amides is 3. The molecular weight excluding hydrogens is 362 g/mol. The van der Waals surface area contributed by atoms with Crippen LogP contribution in [0.3, 0.4) is 0 Å². The summed E-state index contributed by atoms with van der Waals surface area (Å²) in [5.41, 5.74) is 1.26. The predicted molar refractivity (Wildman–Crippen MR) is 97.1 cm³/mol. The van der Waals surface area contributed by atoms with Gasteiger partial charge in [-0.3, -0.25) is 14.4 Å². The van der Waals surface area contributed by atoms with E-state index in [-0.39, 0.29) is 30.3 Å². The first-order valence-electron chi connectivity index (χ1n) is 9.30. The largest absolute Gasteiger partial charge is 0.354 e. The second kappa shape index (κ2) is 7.41. The Morgan fingerprint density at radius 1 is 1.25 bits per heavy atom. The van der Waals surface area contributed by atoms with Crippen LogP contribution in [-0.4, -0.2) is 51.9 Å². The molecular formula is C19H21N5O4. The fourth-order valence-electron chi connectivity index (χ4n) is 3.41. The number of hydrogen-bond acceptors (Lipinski definition) is 6. The van der Waals surface area contributed by atoms with Crippen LogP contribution in [0.25, 0.3) is 0 Å². The maximum Gasteiger partial charge on any atom is 0.255 e. The van der Waals surface area contributed by atoms with E-state index in [2.05, 4.69) is 20.8 Å². The van der Waals surface area contributed by atoms with E-state index in [1.165, 1.54) is 0 Å². The molecule has 146 valence electrons. The van der Waals surface area contributed by atoms with Crippen molar-refractivity contribution in [3.8, 4) is 0 Å². The summed E-state index contributed by atoms with van der Waals surface area (Å²) >= 11 is 0. The van der Waals surface area contributed by atoms with Gasteiger partial charge in [-0.2, -0.15) is 4.98 Å². The SMILES string of the molecule is Cc1noc(CCNC(=O)CNC(=O)C2c3ccccc3C(=O)N2C2CC2)n1. The monoisotopic (exact) mass is 383 g/mol. The fraction of sp³-hybridized carbons (Fsp3) is 0.421. The standard InChI is InChI=1S/C19H21N5O4/c1-11-22-16(28-23-11)8-9-20-15(25)10-21-18(26)17-13-4-2-3-5-14(13)19(27)24(17)12-6-7-12/h2-5,12,17H,6-10H2,1H3,(H,20,25)(H,21,26). The molecule has 1 fully saturated rings. The maximum atomic E-state index is 12.8. The van der Waals surface area contributed by atoms with Crippen molar-refractivity contribution < 1.29 is 18.9 Å². The number of benzene rings is 1. The normalized spacial score (nSPS) is 18.1. The minimum Gasteiger partial charge on any atom is -0.354 e. The van der Waals surface area contributed by atoms with Crippen molar-refractivity contribution in [2.75, 3.05) is 13.1 Å². The van der Waals surface area contributed by atoms with Crippen molar-refractivity contribution in [2.24, 2.45) is 0 Å². The number of aromatic nitrogens is 2. The van der Waals surface area contributed by atoms with E-state index in [0.29, 0.717) is 35.8 Å². The highest BCUT2D eigenvalue weighted by atomic mass is 16.5. The summed E-state index contributed by atoms with van der Waals surface area (Å²) in [5, 5.41) is 9.03. The summed E-state index contributed by atoms with van der Waals surface area (Å²) in [6.45, 7) is 1.89. The van der Waals surface area contributed by atoms with Crippen LogP contribution in [0, 0.1) is 6.92 Å². The fourth-order valence-corrected chi connectivity index (χ4v) is 3.41. The van der Waals surface area contributed by atoms with Gasteiger partial charge in [0.2, 0.25) is 17.7 Å². The summed E-state index contributed by atoms with van der Waals surface area (Å²) in [7, 11) is 0. The van der Waals surface area contributed by atoms with Gasteiger partial charge in [0.1, 0.15) is 6.04 Å². The summed E-state index contributed by atoms with van der Waals surface area (Å²) in [5.74, 6) is 0.216. The first-order chi connectivity index (χ1) is 13.5. The molecule has 3 amide bonds. The molecule has 0 bridgehead atoms. The van der Waals surface area contributed by atoms with E-state index in [9.17, 15) is 14.4 Å². The first-order valence-corrected chi connectivity index (χ1v) is 9.30. The number of carbonyl (C=O) groups excluding carboxylic acids is 3. The maximum absolute atomic E-state index is 12.8. The molecule has 2 aliphatic rings. The van der Waals surface area contributed by atoms with Crippen molar-refractivity contribution >= 4 is 17.7 Å². The van der Waals surface area contributed by atoms with Crippen molar-refractivity contribution in [1.82, 2.24) is 25.7 Å². The number of fused-ring (bicyclic) bond motifs is 1. The van der Waals surface area contributed by atoms with Crippen LogP contribution >= 0.6 is 0 Å². The van der Waals surface area contributed by atoms with Crippen molar-refractivity contribution in [1.29, 1.82) is 0 Å². The molecule has 0 spiro atoms. The van der Waals surface area contributed by atoms with Crippen LogP contribution < -0.4 is 10.6 Å². The van der Waals surface area contributed by atoms with E-state index in [1.54, 1.807) is 30.0 Å². The molecule has 1 unspecified atom stereocenters. The van der Waals surface area contributed by atoms with E-state index in [4.69, 9.17) is 4.52 Å². The quantitative estimate of drug-likeness (QED) is 0.719. The van der Waals surface area contributed by atoms with E-state index >= 15 is 0 Å². The Kier molecular flexibility index (Phi) is 4.81. The average molecular weight is 383 g/mol. The number of aryl methyl sites for hydroxylation is 1. The van der Waals surface area contributed by atoms with Gasteiger partial charge in [0.05, 0.1) is 6.54 Å². The Hall–Kier alpha value is -3.23. The Bertz CT molecular complexity index is 921. The summed E-state index contributed by atoms with van der Waals surface area (Å²) in [4.78, 5) is 43.2. The number of rotatable bonds is 7. The van der Waals surface area contributed by atoms with Crippen LogP contribution in [0.15, 0.2) is 28.8 Å². The molecule has 1 aliphatic heterocycles. The molecule has 4 rings (SSSR count). The first kappa shape index (κ1) is 18.1. The third-order valence-electron chi connectivity index (χ3n) is 4.84. The molecule has 1 saturated carbocycles. The topological polar surface area (TPSA) is 117 Å². The number of nitrogens with one attached hydrogen (secondary N) is 2. The Morgan fingerprint density at radius 2 is 2.04 bits per heavy atom. The van der Waals surface area contributed by atoms with Crippen molar-refractivity contribution in [3.05, 3.63) is 47.1 Å². The van der Waals surface area contributed by atoms with Gasteiger partial charge in [0.25, 0.3) is 5.91 Å². The molecule has 2 aromatic rings. The van der Waals surface area contributed by atoms with E-state index < -0.39 is 6.04 Å². The zero-order valence-corrected chi connectivity index (χ0v) is 15.5. The Labute approximate surface area is 161 Å². The molecule has 2 N–H and O–H groups in total. The van der Waals surface area contributed by atoms with E-state index in [0.717, 1.165) is 12.8 Å². The van der Waals surface area contributed by atoms with Crippen LogP contribution in [0.1, 0.15) is 46.5 Å². The highest BCUT2D eigenvalue weighted by Gasteiger charge is 2.47. The number of carbonyl (C=O) groups is 3. The Balaban J connectivity index is 1.32. The zero-order valence-electron chi connectivity index (χ0n) is 15.5. The lowest BCUT2D eigenvalue weighted by Gasteiger charge is -2.24. The minimum absolute atomic E-state index is 0.0994. The molecule has 1 atom stereocenters. The lowest BCUT2D eigenvalue weighted by molar-refractivity contribution is -0.129. The molecule has 9 heteroatoms. The van der Waals surface area contributed by atoms with Crippen molar-refractivity contribution in [3.63, 3.8) is 0 Å². The van der Waals surface area contributed by atoms with Crippen LogP contribution in [-0.2, 0) is 16.0 Å². The van der Waals surface area contributed by atoms with Crippen LogP contribution in [0.2, 0.25) is 0 Å². The van der Waals surface area contributed by atoms with E-state index in [1.807, 2.05) is 6.07 Å². The van der Waals surface area contributed by atoms with Gasteiger partial charge in [0.15, 0.2) is 5.82 Å². The number of nitrogens with zero attached hydrogens (tertiary/aromatic N) is 3. The highest BCUT2D eigenvalue weighted by Crippen LogP contribution is 2.41. The highest BCUT2D eigenvalue weighted by molar-refractivity contribution is 6.05. The molecule has 0 saturated heterocycles. The van der Waals surface area contributed by atoms with Crippen molar-refractivity contribution in [2.45, 2.75) is 38.3 Å². The molecule has 9 nitrogen and oxygen atoms in total. The third-order valence-corrected chi connectivity index (χ3v) is 4.84. The molecule has 28 heavy (non-hydrogen) atoms. The molecule has 2 heterocycles. The number of hydrogen-bond donors (Lipinski definition) is 2. The summed E-state index contributed by atoms with van der Waals surface area (Å²) in [6, 6.07) is 6.57. The lowest BCUT2D eigenvalue weighted by atomic mass is 10.0. The molecule has 1 aromatic carbocycles. The average Bonchev–Trinajstić information content (AvgIpc) is 3.37. The second-order valence-electron chi connectivity index (χ2n) is 6.99. The van der Waals surface area contributed by atoms with Gasteiger partial charge in [-0.25, -0.2) is 0 Å². The smallest absolute Gasteiger partial charge is 0.255 e. The van der Waals surface area contributed by atoms with Gasteiger partial charge < -0.3 is 20.1 Å². The van der Waals surface area contributed by atoms with Crippen LogP contribution in [0.5, 0.6) is 0 Å². The molecule has 1 aliphatic carbocycles. The Morgan fingerprint density at radius 3 is 2.75 bits per heavy atom. The second-order valence-corrected chi connectivity index (χ2v) is 6.99. The lowest BCUT2D eigenvalue weighted by Crippen LogP contribution is -2.44. The van der Waals surface area contributed by atoms with Gasteiger partial charge >= 0.3 is 0 Å². The molecule has 1 aromatic heterocycles. The summed E-state index contributed by atoms with van der Waals surface area (Å²) < 4.78 is 4.98. The predicted octanol–water partition coefficient (Wildman–Crippen LogP) is 0.512.